The van der Waals surface area contributed by atoms with Crippen LogP contribution in [0.5, 0.6) is 0 Å². The first-order chi connectivity index (χ1) is 7.74. The molecule has 1 atom stereocenters. The first-order valence-corrected chi connectivity index (χ1v) is 6.71. The Morgan fingerprint density at radius 1 is 1.19 bits per heavy atom. The lowest BCUT2D eigenvalue weighted by molar-refractivity contribution is 0.114. The second kappa shape index (κ2) is 11.4. The molecule has 3 nitrogen and oxygen atoms in total. The van der Waals surface area contributed by atoms with Gasteiger partial charge in [-0.05, 0) is 46.8 Å². The maximum absolute atomic E-state index is 5.38. The third kappa shape index (κ3) is 9.13. The number of rotatable bonds is 11. The van der Waals surface area contributed by atoms with Gasteiger partial charge < -0.3 is 15.0 Å². The van der Waals surface area contributed by atoms with Gasteiger partial charge in [-0.15, -0.1) is 0 Å². The molecule has 0 radical (unpaired) electrons. The van der Waals surface area contributed by atoms with Gasteiger partial charge in [-0.25, -0.2) is 0 Å². The third-order valence-electron chi connectivity index (χ3n) is 3.06. The van der Waals surface area contributed by atoms with E-state index in [0.717, 1.165) is 26.3 Å². The normalized spacial score (nSPS) is 13.3. The number of unbranched alkanes of at least 4 members (excludes halogenated alkanes) is 1. The molecule has 3 heteroatoms. The van der Waals surface area contributed by atoms with Gasteiger partial charge in [0, 0.05) is 19.2 Å². The molecule has 0 saturated carbocycles. The second-order valence-electron chi connectivity index (χ2n) is 4.32. The molecule has 0 heterocycles. The molecular formula is C13H30N2O. The van der Waals surface area contributed by atoms with Crippen LogP contribution in [0.1, 0.15) is 40.0 Å². The van der Waals surface area contributed by atoms with Gasteiger partial charge in [0.1, 0.15) is 0 Å². The minimum Gasteiger partial charge on any atom is -0.380 e. The van der Waals surface area contributed by atoms with Gasteiger partial charge in [-0.3, -0.25) is 0 Å². The van der Waals surface area contributed by atoms with Crippen LogP contribution in [0.2, 0.25) is 0 Å². The first kappa shape index (κ1) is 15.9. The molecule has 0 fully saturated rings. The molecule has 0 aliphatic carbocycles. The van der Waals surface area contributed by atoms with E-state index in [-0.39, 0.29) is 0 Å². The molecule has 98 valence electrons. The van der Waals surface area contributed by atoms with Crippen LogP contribution >= 0.6 is 0 Å². The number of nitrogens with zero attached hydrogens (tertiary/aromatic N) is 1. The Morgan fingerprint density at radius 2 is 1.94 bits per heavy atom. The zero-order chi connectivity index (χ0) is 12.2. The largest absolute Gasteiger partial charge is 0.380 e. The van der Waals surface area contributed by atoms with Gasteiger partial charge in [-0.1, -0.05) is 13.3 Å². The monoisotopic (exact) mass is 230 g/mol. The Kier molecular flexibility index (Phi) is 11.3. The number of likely N-dealkylation sites (N-methyl/N-ethyl adjacent to an activating group) is 1. The van der Waals surface area contributed by atoms with Crippen molar-refractivity contribution >= 4 is 0 Å². The molecule has 0 aliphatic heterocycles. The van der Waals surface area contributed by atoms with Crippen molar-refractivity contribution in [2.75, 3.05) is 39.9 Å². The molecule has 0 saturated heterocycles. The summed E-state index contributed by atoms with van der Waals surface area (Å²) < 4.78 is 5.38. The highest BCUT2D eigenvalue weighted by Crippen LogP contribution is 2.02. The fraction of sp³-hybridized carbons (Fsp3) is 1.00. The summed E-state index contributed by atoms with van der Waals surface area (Å²) >= 11 is 0. The van der Waals surface area contributed by atoms with Crippen LogP contribution in [0.4, 0.5) is 0 Å². The molecule has 0 spiro atoms. The molecule has 16 heavy (non-hydrogen) atoms. The molecule has 0 rings (SSSR count). The second-order valence-corrected chi connectivity index (χ2v) is 4.32. The van der Waals surface area contributed by atoms with Gasteiger partial charge in [0.2, 0.25) is 0 Å². The summed E-state index contributed by atoms with van der Waals surface area (Å²) in [6, 6.07) is 0.651. The molecule has 0 aromatic rings. The predicted molar refractivity (Wildman–Crippen MR) is 71.0 cm³/mol. The van der Waals surface area contributed by atoms with Gasteiger partial charge in [0.25, 0.3) is 0 Å². The Balaban J connectivity index is 3.40. The van der Waals surface area contributed by atoms with E-state index in [2.05, 4.69) is 31.0 Å². The van der Waals surface area contributed by atoms with Gasteiger partial charge in [0.05, 0.1) is 6.61 Å². The van der Waals surface area contributed by atoms with E-state index >= 15 is 0 Å². The SMILES string of the molecule is CCOCCN(CC)CCCCC(C)NC. The van der Waals surface area contributed by atoms with Crippen LogP contribution in [-0.2, 0) is 4.74 Å². The average molecular weight is 230 g/mol. The van der Waals surface area contributed by atoms with Crippen LogP contribution in [0.25, 0.3) is 0 Å². The van der Waals surface area contributed by atoms with E-state index in [1.165, 1.54) is 25.8 Å². The number of ether oxygens (including phenoxy) is 1. The van der Waals surface area contributed by atoms with Crippen molar-refractivity contribution in [3.05, 3.63) is 0 Å². The minimum absolute atomic E-state index is 0.651. The van der Waals surface area contributed by atoms with Gasteiger partial charge in [-0.2, -0.15) is 0 Å². The lowest BCUT2D eigenvalue weighted by atomic mass is 10.1. The average Bonchev–Trinajstić information content (AvgIpc) is 2.31. The molecule has 0 aliphatic rings. The van der Waals surface area contributed by atoms with Crippen molar-refractivity contribution in [2.45, 2.75) is 46.1 Å². The Bertz CT molecular complexity index is 142. The van der Waals surface area contributed by atoms with Gasteiger partial charge in [0.15, 0.2) is 0 Å². The highest BCUT2D eigenvalue weighted by molar-refractivity contribution is 4.60. The summed E-state index contributed by atoms with van der Waals surface area (Å²) in [6.45, 7) is 11.6. The Labute approximate surface area is 102 Å². The summed E-state index contributed by atoms with van der Waals surface area (Å²) in [5, 5.41) is 3.28. The van der Waals surface area contributed by atoms with Gasteiger partial charge >= 0.3 is 0 Å². The van der Waals surface area contributed by atoms with Crippen LogP contribution in [0, 0.1) is 0 Å². The van der Waals surface area contributed by atoms with Crippen LogP contribution in [-0.4, -0.2) is 50.8 Å². The van der Waals surface area contributed by atoms with E-state index < -0.39 is 0 Å². The summed E-state index contributed by atoms with van der Waals surface area (Å²) in [4.78, 5) is 2.47. The number of hydrogen-bond donors (Lipinski definition) is 1. The highest BCUT2D eigenvalue weighted by Gasteiger charge is 2.02. The lowest BCUT2D eigenvalue weighted by Gasteiger charge is -2.20. The number of hydrogen-bond acceptors (Lipinski definition) is 3. The zero-order valence-electron chi connectivity index (χ0n) is 11.6. The molecular weight excluding hydrogens is 200 g/mol. The van der Waals surface area contributed by atoms with E-state index in [0.29, 0.717) is 6.04 Å². The summed E-state index contributed by atoms with van der Waals surface area (Å²) in [5.41, 5.74) is 0. The van der Waals surface area contributed by atoms with Crippen molar-refractivity contribution in [3.63, 3.8) is 0 Å². The molecule has 1 N–H and O–H groups in total. The molecule has 0 aromatic heterocycles. The van der Waals surface area contributed by atoms with Crippen molar-refractivity contribution in [3.8, 4) is 0 Å². The maximum atomic E-state index is 5.38. The minimum atomic E-state index is 0.651. The lowest BCUT2D eigenvalue weighted by Crippen LogP contribution is -2.29. The summed E-state index contributed by atoms with van der Waals surface area (Å²) in [6.07, 6.45) is 3.89. The fourth-order valence-corrected chi connectivity index (χ4v) is 1.70. The van der Waals surface area contributed by atoms with E-state index in [4.69, 9.17) is 4.74 Å². The van der Waals surface area contributed by atoms with E-state index in [9.17, 15) is 0 Å². The van der Waals surface area contributed by atoms with E-state index in [1.54, 1.807) is 0 Å². The number of nitrogens with one attached hydrogen (secondary N) is 1. The first-order valence-electron chi connectivity index (χ1n) is 6.71. The van der Waals surface area contributed by atoms with Crippen molar-refractivity contribution in [2.24, 2.45) is 0 Å². The Morgan fingerprint density at radius 3 is 2.50 bits per heavy atom. The molecule has 1 unspecified atom stereocenters. The van der Waals surface area contributed by atoms with Crippen molar-refractivity contribution < 1.29 is 4.74 Å². The molecule has 0 amide bonds. The van der Waals surface area contributed by atoms with E-state index in [1.807, 2.05) is 7.05 Å². The van der Waals surface area contributed by atoms with Crippen LogP contribution < -0.4 is 5.32 Å². The van der Waals surface area contributed by atoms with Crippen LogP contribution in [0.3, 0.4) is 0 Å². The summed E-state index contributed by atoms with van der Waals surface area (Å²) in [7, 11) is 2.03. The molecule has 0 bridgehead atoms. The summed E-state index contributed by atoms with van der Waals surface area (Å²) in [5.74, 6) is 0. The van der Waals surface area contributed by atoms with Crippen LogP contribution in [0.15, 0.2) is 0 Å². The topological polar surface area (TPSA) is 24.5 Å². The quantitative estimate of drug-likeness (QED) is 0.550. The Hall–Kier alpha value is -0.120. The zero-order valence-corrected chi connectivity index (χ0v) is 11.6. The van der Waals surface area contributed by atoms with Crippen molar-refractivity contribution in [1.82, 2.24) is 10.2 Å². The third-order valence-corrected chi connectivity index (χ3v) is 3.06. The standard InChI is InChI=1S/C13H30N2O/c1-5-15(11-12-16-6-2)10-8-7-9-13(3)14-4/h13-14H,5-12H2,1-4H3. The maximum Gasteiger partial charge on any atom is 0.0593 e. The van der Waals surface area contributed by atoms with Crippen molar-refractivity contribution in [1.29, 1.82) is 0 Å². The fourth-order valence-electron chi connectivity index (χ4n) is 1.70. The highest BCUT2D eigenvalue weighted by atomic mass is 16.5. The predicted octanol–water partition coefficient (Wildman–Crippen LogP) is 2.12. The molecule has 0 aromatic carbocycles. The smallest absolute Gasteiger partial charge is 0.0593 e.